The topological polar surface area (TPSA) is 121 Å². The number of carbonyl (C=O) groups is 1. The molecule has 2 aromatic heterocycles. The minimum absolute atomic E-state index is 0.0710. The molecule has 0 bridgehead atoms. The van der Waals surface area contributed by atoms with E-state index in [1.165, 1.54) is 30.6 Å². The molecule has 1 atom stereocenters. The molecule has 40 heavy (non-hydrogen) atoms. The molecule has 0 aliphatic carbocycles. The number of rotatable bonds is 5. The lowest BCUT2D eigenvalue weighted by molar-refractivity contribution is 0.115. The van der Waals surface area contributed by atoms with Crippen molar-refractivity contribution in [1.29, 1.82) is 5.26 Å². The molecule has 3 heterocycles. The number of fused-ring (bicyclic) bond motifs is 4. The highest BCUT2D eigenvalue weighted by Crippen LogP contribution is 2.46. The number of nitriles is 1. The Kier molecular flexibility index (Phi) is 6.00. The molecular formula is C29H22FN5O4S. The van der Waals surface area contributed by atoms with Crippen LogP contribution < -0.4 is 14.4 Å². The van der Waals surface area contributed by atoms with E-state index in [0.29, 0.717) is 44.3 Å². The zero-order valence-electron chi connectivity index (χ0n) is 21.7. The average molecular weight is 556 g/mol. The summed E-state index contributed by atoms with van der Waals surface area (Å²) in [6, 6.07) is 13.6. The van der Waals surface area contributed by atoms with Crippen LogP contribution in [0.1, 0.15) is 23.6 Å². The number of amides is 1. The number of carboxylic acid groups (broad SMARTS) is 1. The summed E-state index contributed by atoms with van der Waals surface area (Å²) in [5.74, 6) is -0.0607. The lowest BCUT2D eigenvalue weighted by Crippen LogP contribution is -2.46. The van der Waals surface area contributed by atoms with E-state index in [0.717, 1.165) is 20.7 Å². The number of methoxy groups -OCH3 is 1. The number of anilines is 1. The van der Waals surface area contributed by atoms with Crippen molar-refractivity contribution in [1.82, 2.24) is 15.0 Å². The van der Waals surface area contributed by atoms with Crippen LogP contribution in [0.4, 0.5) is 14.9 Å². The maximum absolute atomic E-state index is 15.3. The van der Waals surface area contributed by atoms with Gasteiger partial charge >= 0.3 is 6.09 Å². The van der Waals surface area contributed by atoms with Crippen LogP contribution in [0.25, 0.3) is 31.8 Å². The predicted octanol–water partition coefficient (Wildman–Crippen LogP) is 6.11. The quantitative estimate of drug-likeness (QED) is 0.276. The van der Waals surface area contributed by atoms with Crippen LogP contribution in [0.3, 0.4) is 0 Å². The predicted molar refractivity (Wildman–Crippen MR) is 149 cm³/mol. The zero-order chi connectivity index (χ0) is 28.2. The third-order valence-electron chi connectivity index (χ3n) is 6.80. The number of halogens is 1. The summed E-state index contributed by atoms with van der Waals surface area (Å²) in [7, 11) is 1.53. The fourth-order valence-corrected chi connectivity index (χ4v) is 6.17. The van der Waals surface area contributed by atoms with Crippen LogP contribution in [-0.4, -0.2) is 45.4 Å². The molecule has 9 nitrogen and oxygen atoms in total. The fourth-order valence-electron chi connectivity index (χ4n) is 5.07. The van der Waals surface area contributed by atoms with Crippen molar-refractivity contribution < 1.29 is 23.8 Å². The average Bonchev–Trinajstić information content (AvgIpc) is 3.52. The number of nitrogens with zero attached hydrogens (tertiary/aromatic N) is 5. The number of hydrogen-bond acceptors (Lipinski definition) is 8. The molecule has 1 aliphatic heterocycles. The highest BCUT2D eigenvalue weighted by Gasteiger charge is 2.41. The van der Waals surface area contributed by atoms with Gasteiger partial charge in [0.15, 0.2) is 11.6 Å². The van der Waals surface area contributed by atoms with Gasteiger partial charge in [0.25, 0.3) is 0 Å². The molecule has 3 aromatic carbocycles. The highest BCUT2D eigenvalue weighted by molar-refractivity contribution is 7.22. The Balaban J connectivity index is 1.40. The van der Waals surface area contributed by atoms with Gasteiger partial charge in [-0.3, -0.25) is 4.90 Å². The van der Waals surface area contributed by atoms with Crippen LogP contribution in [-0.2, 0) is 6.42 Å². The van der Waals surface area contributed by atoms with Gasteiger partial charge in [-0.05, 0) is 49.7 Å². The van der Waals surface area contributed by atoms with Crippen LogP contribution >= 0.6 is 11.3 Å². The fraction of sp³-hybridized carbons (Fsp3) is 0.207. The minimum Gasteiger partial charge on any atom is -0.482 e. The summed E-state index contributed by atoms with van der Waals surface area (Å²) in [6.45, 7) is 3.63. The number of aromatic nitrogens is 3. The van der Waals surface area contributed by atoms with E-state index < -0.39 is 17.5 Å². The summed E-state index contributed by atoms with van der Waals surface area (Å²) in [4.78, 5) is 27.1. The Hall–Kier alpha value is -4.82. The first-order chi connectivity index (χ1) is 19.2. The van der Waals surface area contributed by atoms with E-state index in [-0.39, 0.29) is 18.7 Å². The smallest absolute Gasteiger partial charge is 0.411 e. The molecule has 0 unspecified atom stereocenters. The molecule has 5 aromatic rings. The molecule has 0 spiro atoms. The largest absolute Gasteiger partial charge is 0.482 e. The van der Waals surface area contributed by atoms with Crippen molar-refractivity contribution in [3.05, 3.63) is 71.2 Å². The van der Waals surface area contributed by atoms with Crippen molar-refractivity contribution in [2.24, 2.45) is 0 Å². The van der Waals surface area contributed by atoms with Gasteiger partial charge in [0.1, 0.15) is 10.6 Å². The second kappa shape index (κ2) is 9.43. The van der Waals surface area contributed by atoms with Crippen LogP contribution in [0, 0.1) is 24.1 Å². The minimum atomic E-state index is -1.20. The van der Waals surface area contributed by atoms with E-state index in [1.54, 1.807) is 31.3 Å². The Morgan fingerprint density at radius 2 is 2.10 bits per heavy atom. The van der Waals surface area contributed by atoms with Crippen LogP contribution in [0.15, 0.2) is 48.7 Å². The zero-order valence-corrected chi connectivity index (χ0v) is 22.5. The molecule has 0 radical (unpaired) electrons. The monoisotopic (exact) mass is 555 g/mol. The maximum atomic E-state index is 15.3. The van der Waals surface area contributed by atoms with Gasteiger partial charge in [-0.2, -0.15) is 5.26 Å². The van der Waals surface area contributed by atoms with Crippen molar-refractivity contribution in [2.45, 2.75) is 25.9 Å². The summed E-state index contributed by atoms with van der Waals surface area (Å²) in [6.07, 6.45) is 0.614. The first-order valence-electron chi connectivity index (χ1n) is 12.3. The Morgan fingerprint density at radius 1 is 1.27 bits per heavy atom. The van der Waals surface area contributed by atoms with Gasteiger partial charge in [-0.1, -0.05) is 6.07 Å². The summed E-state index contributed by atoms with van der Waals surface area (Å²) < 4.78 is 27.4. The van der Waals surface area contributed by atoms with Crippen LogP contribution in [0.2, 0.25) is 0 Å². The SMILES string of the molecule is COc1cnc2c(-c3nc4cc(F)c5c(c4s3)C[C@](C)(CN(C(=O)O)c3cccc(C#N)c3)O5)cc(C)cc2n1. The van der Waals surface area contributed by atoms with Gasteiger partial charge in [-0.15, -0.1) is 11.3 Å². The first-order valence-corrected chi connectivity index (χ1v) is 13.1. The lowest BCUT2D eigenvalue weighted by Gasteiger charge is -2.30. The maximum Gasteiger partial charge on any atom is 0.411 e. The number of thiazole rings is 1. The molecule has 1 amide bonds. The third-order valence-corrected chi connectivity index (χ3v) is 7.96. The normalized spacial score (nSPS) is 16.0. The molecule has 200 valence electrons. The summed E-state index contributed by atoms with van der Waals surface area (Å²) in [5.41, 5.74) is 3.79. The van der Waals surface area contributed by atoms with E-state index in [4.69, 9.17) is 14.5 Å². The molecule has 1 N–H and O–H groups in total. The Bertz CT molecular complexity index is 1880. The number of hydrogen-bond donors (Lipinski definition) is 1. The van der Waals surface area contributed by atoms with Crippen molar-refractivity contribution in [3.8, 4) is 28.3 Å². The standard InChI is InChI=1S/C29H22FN5O4S/c1-15-7-18(24-21(8-15)33-23(38-3)13-32-24)27-34-22-10-20(30)25-19(26(22)40-27)11-29(2,39-25)14-35(28(36)37)17-6-4-5-16(9-17)12-31/h4-10,13H,11,14H2,1-3H3,(H,36,37)/t29-/m1/s1. The lowest BCUT2D eigenvalue weighted by atomic mass is 9.98. The van der Waals surface area contributed by atoms with E-state index >= 15 is 4.39 Å². The molecule has 0 saturated carbocycles. The second-order valence-corrected chi connectivity index (χ2v) is 10.9. The Labute approximate surface area is 232 Å². The van der Waals surface area contributed by atoms with Gasteiger partial charge < -0.3 is 14.6 Å². The number of aryl methyl sites for hydroxylation is 1. The summed E-state index contributed by atoms with van der Waals surface area (Å²) >= 11 is 1.40. The molecule has 11 heteroatoms. The van der Waals surface area contributed by atoms with Crippen LogP contribution in [0.5, 0.6) is 11.6 Å². The van der Waals surface area contributed by atoms with Gasteiger partial charge in [0, 0.05) is 29.3 Å². The van der Waals surface area contributed by atoms with E-state index in [1.807, 2.05) is 25.1 Å². The Morgan fingerprint density at radius 3 is 2.85 bits per heavy atom. The van der Waals surface area contributed by atoms with Crippen molar-refractivity contribution >= 4 is 44.4 Å². The molecule has 0 saturated heterocycles. The molecular weight excluding hydrogens is 533 g/mol. The van der Waals surface area contributed by atoms with Gasteiger partial charge in [0.2, 0.25) is 5.88 Å². The van der Waals surface area contributed by atoms with Crippen molar-refractivity contribution in [3.63, 3.8) is 0 Å². The molecule has 6 rings (SSSR count). The van der Waals surface area contributed by atoms with Crippen molar-refractivity contribution in [2.75, 3.05) is 18.6 Å². The summed E-state index contributed by atoms with van der Waals surface area (Å²) in [5, 5.41) is 19.9. The first kappa shape index (κ1) is 25.5. The van der Waals surface area contributed by atoms with E-state index in [2.05, 4.69) is 9.97 Å². The highest BCUT2D eigenvalue weighted by atomic mass is 32.1. The van der Waals surface area contributed by atoms with Gasteiger partial charge in [-0.25, -0.2) is 24.1 Å². The molecule has 1 aliphatic rings. The number of benzene rings is 3. The molecule has 0 fully saturated rings. The second-order valence-electron chi connectivity index (χ2n) is 9.89. The van der Waals surface area contributed by atoms with E-state index in [9.17, 15) is 15.2 Å². The third kappa shape index (κ3) is 4.32. The van der Waals surface area contributed by atoms with Gasteiger partial charge in [0.05, 0.1) is 52.7 Å². The number of ether oxygens (including phenoxy) is 2.